The number of para-hydroxylation sites is 1. The predicted octanol–water partition coefficient (Wildman–Crippen LogP) is 6.34. The van der Waals surface area contributed by atoms with E-state index in [-0.39, 0.29) is 12.4 Å². The number of hydrogen-bond acceptors (Lipinski definition) is 5. The Bertz CT molecular complexity index is 1260. The molecule has 0 bridgehead atoms. The van der Waals surface area contributed by atoms with Gasteiger partial charge in [0.05, 0.1) is 12.6 Å². The average molecular weight is 448 g/mol. The number of aryl methyl sites for hydroxylation is 1. The summed E-state index contributed by atoms with van der Waals surface area (Å²) in [6.07, 6.45) is 0. The van der Waals surface area contributed by atoms with Crippen LogP contribution in [0.2, 0.25) is 0 Å². The van der Waals surface area contributed by atoms with Crippen molar-refractivity contribution in [1.29, 1.82) is 0 Å². The van der Waals surface area contributed by atoms with Gasteiger partial charge in [-0.3, -0.25) is 0 Å². The van der Waals surface area contributed by atoms with Crippen LogP contribution in [0.1, 0.15) is 27.0 Å². The summed E-state index contributed by atoms with van der Waals surface area (Å²) in [6.45, 7) is 2.24. The zero-order valence-corrected chi connectivity index (χ0v) is 18.6. The van der Waals surface area contributed by atoms with E-state index in [0.29, 0.717) is 22.1 Å². The van der Waals surface area contributed by atoms with Crippen LogP contribution in [-0.2, 0) is 17.1 Å². The van der Waals surface area contributed by atoms with Crippen molar-refractivity contribution in [3.63, 3.8) is 0 Å². The van der Waals surface area contributed by atoms with Crippen molar-refractivity contribution in [2.45, 2.75) is 24.3 Å². The van der Waals surface area contributed by atoms with Crippen molar-refractivity contribution in [2.24, 2.45) is 0 Å². The lowest BCUT2D eigenvalue weighted by Crippen LogP contribution is -2.10. The van der Waals surface area contributed by atoms with Crippen LogP contribution in [0.25, 0.3) is 10.9 Å². The summed E-state index contributed by atoms with van der Waals surface area (Å²) in [4.78, 5) is 17.6. The van der Waals surface area contributed by atoms with Crippen LogP contribution in [0, 0.1) is 12.7 Å². The number of thioether (sulfide) groups is 1. The lowest BCUT2D eigenvalue weighted by Gasteiger charge is -2.16. The number of rotatable bonds is 7. The highest BCUT2D eigenvalue weighted by Gasteiger charge is 2.24. The van der Waals surface area contributed by atoms with Gasteiger partial charge in [0.2, 0.25) is 0 Å². The molecule has 0 fully saturated rings. The highest BCUT2D eigenvalue weighted by molar-refractivity contribution is 7.98. The molecule has 1 heterocycles. The van der Waals surface area contributed by atoms with E-state index in [1.54, 1.807) is 12.1 Å². The van der Waals surface area contributed by atoms with Crippen LogP contribution in [0.4, 0.5) is 4.39 Å². The zero-order chi connectivity index (χ0) is 22.5. The standard InChI is InChI=1S/C26H22FNO3S/c1-17-7-3-4-8-19(17)16-32-25-23(26(29)30-2)24(21-9-5-6-10-22(21)28-25)31-15-18-11-13-20(27)14-12-18/h3-14H,15-16H2,1-2H3. The Labute approximate surface area is 190 Å². The summed E-state index contributed by atoms with van der Waals surface area (Å²) in [6, 6.07) is 21.7. The molecule has 0 atom stereocenters. The topological polar surface area (TPSA) is 48.4 Å². The second kappa shape index (κ2) is 9.83. The number of halogens is 1. The van der Waals surface area contributed by atoms with Gasteiger partial charge in [0.15, 0.2) is 0 Å². The number of aromatic nitrogens is 1. The third kappa shape index (κ3) is 4.75. The van der Waals surface area contributed by atoms with E-state index in [1.807, 2.05) is 36.4 Å². The summed E-state index contributed by atoms with van der Waals surface area (Å²) >= 11 is 1.47. The third-order valence-electron chi connectivity index (χ3n) is 5.12. The molecule has 0 unspecified atom stereocenters. The summed E-state index contributed by atoms with van der Waals surface area (Å²) < 4.78 is 24.5. The van der Waals surface area contributed by atoms with Crippen molar-refractivity contribution in [3.8, 4) is 5.75 Å². The molecule has 0 aliphatic carbocycles. The van der Waals surface area contributed by atoms with E-state index in [9.17, 15) is 9.18 Å². The Hall–Kier alpha value is -3.38. The van der Waals surface area contributed by atoms with E-state index in [2.05, 4.69) is 19.1 Å². The fourth-order valence-corrected chi connectivity index (χ4v) is 4.45. The molecule has 0 saturated carbocycles. The van der Waals surface area contributed by atoms with Gasteiger partial charge in [-0.25, -0.2) is 14.2 Å². The molecule has 0 spiro atoms. The molecule has 4 aromatic rings. The highest BCUT2D eigenvalue weighted by atomic mass is 32.2. The molecular formula is C26H22FNO3S. The van der Waals surface area contributed by atoms with Crippen molar-refractivity contribution in [3.05, 3.63) is 101 Å². The molecule has 0 aliphatic rings. The number of pyridine rings is 1. The van der Waals surface area contributed by atoms with Gasteiger partial charge in [-0.1, -0.05) is 48.5 Å². The van der Waals surface area contributed by atoms with Gasteiger partial charge < -0.3 is 9.47 Å². The Kier molecular flexibility index (Phi) is 6.71. The molecular weight excluding hydrogens is 425 g/mol. The van der Waals surface area contributed by atoms with Crippen molar-refractivity contribution < 1.29 is 18.7 Å². The maximum absolute atomic E-state index is 13.3. The molecule has 162 valence electrons. The minimum atomic E-state index is -0.510. The Morgan fingerprint density at radius 1 is 1.00 bits per heavy atom. The highest BCUT2D eigenvalue weighted by Crippen LogP contribution is 2.37. The average Bonchev–Trinajstić information content (AvgIpc) is 2.82. The number of fused-ring (bicyclic) bond motifs is 1. The van der Waals surface area contributed by atoms with Crippen molar-refractivity contribution in [1.82, 2.24) is 4.98 Å². The fourth-order valence-electron chi connectivity index (χ4n) is 3.35. The van der Waals surface area contributed by atoms with E-state index in [0.717, 1.165) is 22.0 Å². The number of carbonyl (C=O) groups excluding carboxylic acids is 1. The van der Waals surface area contributed by atoms with E-state index in [4.69, 9.17) is 14.5 Å². The number of esters is 1. The van der Waals surface area contributed by atoms with E-state index < -0.39 is 5.97 Å². The number of benzene rings is 3. The summed E-state index contributed by atoms with van der Waals surface area (Å²) in [5.41, 5.74) is 4.15. The van der Waals surface area contributed by atoms with Crippen LogP contribution in [-0.4, -0.2) is 18.1 Å². The Morgan fingerprint density at radius 3 is 2.47 bits per heavy atom. The molecule has 0 N–H and O–H groups in total. The molecule has 3 aromatic carbocycles. The number of methoxy groups -OCH3 is 1. The minimum Gasteiger partial charge on any atom is -0.487 e. The minimum absolute atomic E-state index is 0.181. The normalized spacial score (nSPS) is 10.8. The van der Waals surface area contributed by atoms with Gasteiger partial charge in [0, 0.05) is 11.1 Å². The lowest BCUT2D eigenvalue weighted by atomic mass is 10.1. The van der Waals surface area contributed by atoms with Gasteiger partial charge >= 0.3 is 5.97 Å². The quantitative estimate of drug-likeness (QED) is 0.244. The molecule has 6 heteroatoms. The maximum atomic E-state index is 13.3. The van der Waals surface area contributed by atoms with Gasteiger partial charge in [0.25, 0.3) is 0 Å². The molecule has 4 nitrogen and oxygen atoms in total. The SMILES string of the molecule is COC(=O)c1c(SCc2ccccc2C)nc2ccccc2c1OCc1ccc(F)cc1. The third-order valence-corrected chi connectivity index (χ3v) is 6.15. The molecule has 32 heavy (non-hydrogen) atoms. The second-order valence-electron chi connectivity index (χ2n) is 7.26. The first-order chi connectivity index (χ1) is 15.6. The molecule has 4 rings (SSSR count). The lowest BCUT2D eigenvalue weighted by molar-refractivity contribution is 0.0590. The molecule has 0 saturated heterocycles. The first-order valence-electron chi connectivity index (χ1n) is 10.1. The summed E-state index contributed by atoms with van der Waals surface area (Å²) in [7, 11) is 1.34. The fraction of sp³-hybridized carbons (Fsp3) is 0.154. The molecule has 0 radical (unpaired) electrons. The van der Waals surface area contributed by atoms with Gasteiger partial charge in [-0.2, -0.15) is 0 Å². The van der Waals surface area contributed by atoms with Gasteiger partial charge in [0.1, 0.15) is 28.8 Å². The summed E-state index contributed by atoms with van der Waals surface area (Å²) in [5.74, 6) is 0.247. The smallest absolute Gasteiger partial charge is 0.344 e. The monoisotopic (exact) mass is 447 g/mol. The van der Waals surface area contributed by atoms with E-state index >= 15 is 0 Å². The van der Waals surface area contributed by atoms with Crippen LogP contribution in [0.5, 0.6) is 5.75 Å². The first-order valence-corrected chi connectivity index (χ1v) is 11.1. The van der Waals surface area contributed by atoms with Crippen molar-refractivity contribution in [2.75, 3.05) is 7.11 Å². The van der Waals surface area contributed by atoms with Crippen LogP contribution in [0.15, 0.2) is 77.8 Å². The van der Waals surface area contributed by atoms with Crippen LogP contribution in [0.3, 0.4) is 0 Å². The molecule has 1 aromatic heterocycles. The van der Waals surface area contributed by atoms with E-state index in [1.165, 1.54) is 36.6 Å². The zero-order valence-electron chi connectivity index (χ0n) is 17.8. The molecule has 0 amide bonds. The van der Waals surface area contributed by atoms with Gasteiger partial charge in [-0.15, -0.1) is 11.8 Å². The Morgan fingerprint density at radius 2 is 1.72 bits per heavy atom. The largest absolute Gasteiger partial charge is 0.487 e. The van der Waals surface area contributed by atoms with Crippen LogP contribution >= 0.6 is 11.8 Å². The predicted molar refractivity (Wildman–Crippen MR) is 125 cm³/mol. The van der Waals surface area contributed by atoms with Gasteiger partial charge in [-0.05, 0) is 47.9 Å². The maximum Gasteiger partial charge on any atom is 0.344 e. The number of ether oxygens (including phenoxy) is 2. The number of hydrogen-bond donors (Lipinski definition) is 0. The number of carbonyl (C=O) groups is 1. The van der Waals surface area contributed by atoms with Crippen LogP contribution < -0.4 is 4.74 Å². The van der Waals surface area contributed by atoms with Crippen molar-refractivity contribution >= 4 is 28.6 Å². The first kappa shape index (κ1) is 21.8. The number of nitrogens with zero attached hydrogens (tertiary/aromatic N) is 1. The summed E-state index contributed by atoms with van der Waals surface area (Å²) in [5, 5.41) is 1.27. The second-order valence-corrected chi connectivity index (χ2v) is 8.22. The molecule has 0 aliphatic heterocycles. The Balaban J connectivity index is 1.76.